The van der Waals surface area contributed by atoms with Crippen LogP contribution in [0.15, 0.2) is 36.4 Å². The molecule has 116 valence electrons. The fourth-order valence-electron chi connectivity index (χ4n) is 3.29. The van der Waals surface area contributed by atoms with E-state index in [-0.39, 0.29) is 5.60 Å². The highest BCUT2D eigenvalue weighted by molar-refractivity contribution is 5.81. The van der Waals surface area contributed by atoms with Crippen LogP contribution in [0.4, 0.5) is 0 Å². The van der Waals surface area contributed by atoms with Gasteiger partial charge in [-0.1, -0.05) is 44.0 Å². The van der Waals surface area contributed by atoms with Crippen LogP contribution in [-0.4, -0.2) is 5.11 Å². The first-order chi connectivity index (χ1) is 10.5. The second-order valence-electron chi connectivity index (χ2n) is 6.60. The standard InChI is InChI=1S/C20H24O2/c1-4-5-6-9-14-12-17(21)19-15-10-7-8-11-16(15)20(2,3)22-18(19)13-14/h7-8,10-13,21H,4-6,9H2,1-3H3. The number of fused-ring (bicyclic) bond motifs is 3. The summed E-state index contributed by atoms with van der Waals surface area (Å²) in [6.07, 6.45) is 4.55. The molecule has 0 atom stereocenters. The first kappa shape index (κ1) is 15.0. The smallest absolute Gasteiger partial charge is 0.132 e. The third-order valence-electron chi connectivity index (χ3n) is 4.42. The molecule has 2 aromatic carbocycles. The molecule has 1 aliphatic rings. The molecule has 0 aliphatic carbocycles. The van der Waals surface area contributed by atoms with E-state index in [1.807, 2.05) is 18.2 Å². The van der Waals surface area contributed by atoms with Crippen molar-refractivity contribution in [1.29, 1.82) is 0 Å². The number of aromatic hydroxyl groups is 1. The fourth-order valence-corrected chi connectivity index (χ4v) is 3.29. The third-order valence-corrected chi connectivity index (χ3v) is 4.42. The van der Waals surface area contributed by atoms with Gasteiger partial charge in [-0.05, 0) is 49.9 Å². The fraction of sp³-hybridized carbons (Fsp3) is 0.400. The molecule has 0 aromatic heterocycles. The average Bonchev–Trinajstić information content (AvgIpc) is 2.46. The topological polar surface area (TPSA) is 29.5 Å². The van der Waals surface area contributed by atoms with E-state index in [1.54, 1.807) is 0 Å². The zero-order valence-electron chi connectivity index (χ0n) is 13.6. The van der Waals surface area contributed by atoms with Gasteiger partial charge in [0.05, 0.1) is 5.56 Å². The van der Waals surface area contributed by atoms with Crippen LogP contribution in [0.3, 0.4) is 0 Å². The van der Waals surface area contributed by atoms with E-state index in [4.69, 9.17) is 4.74 Å². The van der Waals surface area contributed by atoms with Crippen molar-refractivity contribution < 1.29 is 9.84 Å². The molecule has 0 spiro atoms. The number of ether oxygens (including phenoxy) is 1. The molecule has 0 radical (unpaired) electrons. The van der Waals surface area contributed by atoms with Gasteiger partial charge >= 0.3 is 0 Å². The van der Waals surface area contributed by atoms with Crippen LogP contribution in [-0.2, 0) is 12.0 Å². The monoisotopic (exact) mass is 296 g/mol. The molecule has 2 aromatic rings. The molecule has 0 unspecified atom stereocenters. The zero-order valence-corrected chi connectivity index (χ0v) is 13.6. The van der Waals surface area contributed by atoms with Gasteiger partial charge in [0.2, 0.25) is 0 Å². The van der Waals surface area contributed by atoms with Crippen molar-refractivity contribution in [2.75, 3.05) is 0 Å². The lowest BCUT2D eigenvalue weighted by Crippen LogP contribution is -2.29. The van der Waals surface area contributed by atoms with E-state index < -0.39 is 0 Å². The summed E-state index contributed by atoms with van der Waals surface area (Å²) in [6.45, 7) is 6.36. The maximum Gasteiger partial charge on any atom is 0.132 e. The number of hydrogen-bond donors (Lipinski definition) is 1. The van der Waals surface area contributed by atoms with Gasteiger partial charge in [0.25, 0.3) is 0 Å². The van der Waals surface area contributed by atoms with Gasteiger partial charge in [0.1, 0.15) is 17.1 Å². The Labute approximate surface area is 132 Å². The van der Waals surface area contributed by atoms with Crippen molar-refractivity contribution in [3.05, 3.63) is 47.5 Å². The number of rotatable bonds is 4. The predicted molar refractivity (Wildman–Crippen MR) is 90.4 cm³/mol. The number of phenols is 1. The molecule has 3 rings (SSSR count). The molecule has 1 aliphatic heterocycles. The minimum absolute atomic E-state index is 0.326. The van der Waals surface area contributed by atoms with Gasteiger partial charge in [-0.2, -0.15) is 0 Å². The molecule has 0 fully saturated rings. The van der Waals surface area contributed by atoms with Gasteiger partial charge < -0.3 is 9.84 Å². The van der Waals surface area contributed by atoms with Gasteiger partial charge in [0.15, 0.2) is 0 Å². The number of hydrogen-bond acceptors (Lipinski definition) is 2. The largest absolute Gasteiger partial charge is 0.507 e. The Morgan fingerprint density at radius 1 is 1.09 bits per heavy atom. The molecule has 0 bridgehead atoms. The SMILES string of the molecule is CCCCCc1cc(O)c2c(c1)OC(C)(C)c1ccccc1-2. The summed E-state index contributed by atoms with van der Waals surface area (Å²) in [6, 6.07) is 12.2. The maximum atomic E-state index is 10.5. The lowest BCUT2D eigenvalue weighted by Gasteiger charge is -2.35. The quantitative estimate of drug-likeness (QED) is 0.763. The van der Waals surface area contributed by atoms with E-state index in [2.05, 4.69) is 39.0 Å². The van der Waals surface area contributed by atoms with Crippen molar-refractivity contribution in [1.82, 2.24) is 0 Å². The highest BCUT2D eigenvalue weighted by atomic mass is 16.5. The van der Waals surface area contributed by atoms with Crippen LogP contribution in [0, 0.1) is 0 Å². The Morgan fingerprint density at radius 2 is 1.86 bits per heavy atom. The summed E-state index contributed by atoms with van der Waals surface area (Å²) in [7, 11) is 0. The molecule has 0 amide bonds. The van der Waals surface area contributed by atoms with Crippen molar-refractivity contribution in [2.45, 2.75) is 52.1 Å². The number of unbranched alkanes of at least 4 members (excludes halogenated alkanes) is 2. The Balaban J connectivity index is 2.06. The summed E-state index contributed by atoms with van der Waals surface area (Å²) in [5, 5.41) is 10.5. The van der Waals surface area contributed by atoms with Crippen molar-refractivity contribution >= 4 is 0 Å². The second-order valence-corrected chi connectivity index (χ2v) is 6.60. The lowest BCUT2D eigenvalue weighted by molar-refractivity contribution is 0.105. The summed E-state index contributed by atoms with van der Waals surface area (Å²) >= 11 is 0. The summed E-state index contributed by atoms with van der Waals surface area (Å²) < 4.78 is 6.21. The molecule has 1 N–H and O–H groups in total. The zero-order chi connectivity index (χ0) is 15.7. The average molecular weight is 296 g/mol. The Morgan fingerprint density at radius 3 is 2.64 bits per heavy atom. The third kappa shape index (κ3) is 2.58. The Bertz CT molecular complexity index is 686. The van der Waals surface area contributed by atoms with Crippen LogP contribution in [0.2, 0.25) is 0 Å². The van der Waals surface area contributed by atoms with Gasteiger partial charge in [-0.25, -0.2) is 0 Å². The molecule has 0 saturated carbocycles. The molecular weight excluding hydrogens is 272 g/mol. The number of benzene rings is 2. The van der Waals surface area contributed by atoms with Crippen LogP contribution in [0.25, 0.3) is 11.1 Å². The normalized spacial score (nSPS) is 14.9. The van der Waals surface area contributed by atoms with E-state index in [0.29, 0.717) is 5.75 Å². The van der Waals surface area contributed by atoms with Gasteiger partial charge in [-0.15, -0.1) is 0 Å². The Kier molecular flexibility index (Phi) is 3.86. The first-order valence-electron chi connectivity index (χ1n) is 8.17. The maximum absolute atomic E-state index is 10.5. The minimum atomic E-state index is -0.377. The van der Waals surface area contributed by atoms with E-state index >= 15 is 0 Å². The van der Waals surface area contributed by atoms with E-state index in [9.17, 15) is 5.11 Å². The van der Waals surface area contributed by atoms with Gasteiger partial charge in [0, 0.05) is 5.56 Å². The first-order valence-corrected chi connectivity index (χ1v) is 8.17. The minimum Gasteiger partial charge on any atom is -0.507 e. The van der Waals surface area contributed by atoms with E-state index in [0.717, 1.165) is 40.8 Å². The van der Waals surface area contributed by atoms with Crippen LogP contribution in [0.1, 0.15) is 51.2 Å². The predicted octanol–water partition coefficient (Wildman–Crippen LogP) is 5.42. The van der Waals surface area contributed by atoms with Crippen LogP contribution >= 0.6 is 0 Å². The van der Waals surface area contributed by atoms with Crippen molar-refractivity contribution in [3.63, 3.8) is 0 Å². The van der Waals surface area contributed by atoms with E-state index in [1.165, 1.54) is 12.8 Å². The number of phenolic OH excluding ortho intramolecular Hbond substituents is 1. The van der Waals surface area contributed by atoms with Crippen molar-refractivity contribution in [2.24, 2.45) is 0 Å². The summed E-state index contributed by atoms with van der Waals surface area (Å²) in [5.74, 6) is 1.13. The second kappa shape index (κ2) is 5.68. The highest BCUT2D eigenvalue weighted by Crippen LogP contribution is 2.49. The lowest BCUT2D eigenvalue weighted by atomic mass is 9.85. The molecule has 2 heteroatoms. The molecule has 1 heterocycles. The van der Waals surface area contributed by atoms with Crippen LogP contribution < -0.4 is 4.74 Å². The highest BCUT2D eigenvalue weighted by Gasteiger charge is 2.33. The molecule has 22 heavy (non-hydrogen) atoms. The van der Waals surface area contributed by atoms with Gasteiger partial charge in [-0.3, -0.25) is 0 Å². The van der Waals surface area contributed by atoms with Crippen molar-refractivity contribution in [3.8, 4) is 22.6 Å². The number of aryl methyl sites for hydroxylation is 1. The summed E-state index contributed by atoms with van der Waals surface area (Å²) in [5.41, 5.74) is 3.80. The summed E-state index contributed by atoms with van der Waals surface area (Å²) in [4.78, 5) is 0. The molecular formula is C20H24O2. The Hall–Kier alpha value is -1.96. The van der Waals surface area contributed by atoms with Crippen LogP contribution in [0.5, 0.6) is 11.5 Å². The molecule has 2 nitrogen and oxygen atoms in total. The molecule has 0 saturated heterocycles.